The van der Waals surface area contributed by atoms with Gasteiger partial charge in [0, 0.05) is 38.4 Å². The van der Waals surface area contributed by atoms with E-state index in [4.69, 9.17) is 0 Å². The second-order valence-corrected chi connectivity index (χ2v) is 5.38. The molecule has 0 bridgehead atoms. The highest BCUT2D eigenvalue weighted by Gasteiger charge is 2.25. The lowest BCUT2D eigenvalue weighted by Gasteiger charge is -2.41. The minimum Gasteiger partial charge on any atom is -0.354 e. The van der Waals surface area contributed by atoms with E-state index < -0.39 is 0 Å². The van der Waals surface area contributed by atoms with Crippen molar-refractivity contribution in [2.45, 2.75) is 38.1 Å². The van der Waals surface area contributed by atoms with Gasteiger partial charge in [-0.2, -0.15) is 0 Å². The molecule has 0 aromatic carbocycles. The summed E-state index contributed by atoms with van der Waals surface area (Å²) in [5.74, 6) is 1.08. The second kappa shape index (κ2) is 5.65. The van der Waals surface area contributed by atoms with E-state index in [-0.39, 0.29) is 0 Å². The van der Waals surface area contributed by atoms with Gasteiger partial charge in [-0.25, -0.2) is 9.97 Å². The summed E-state index contributed by atoms with van der Waals surface area (Å²) in [5, 5.41) is 0. The third-order valence-electron chi connectivity index (χ3n) is 4.30. The van der Waals surface area contributed by atoms with Crippen molar-refractivity contribution < 1.29 is 0 Å². The van der Waals surface area contributed by atoms with E-state index in [2.05, 4.69) is 19.8 Å². The standard InChI is InChI=1S/C14H22N4/c1-2-4-13(5-3-1)17-8-10-18(11-9-17)14-6-7-15-12-16-14/h6-7,12-13H,1-5,8-11H2. The van der Waals surface area contributed by atoms with Crippen molar-refractivity contribution in [3.8, 4) is 0 Å². The van der Waals surface area contributed by atoms with Crippen LogP contribution in [0.15, 0.2) is 18.6 Å². The van der Waals surface area contributed by atoms with Gasteiger partial charge in [0.05, 0.1) is 0 Å². The van der Waals surface area contributed by atoms with E-state index in [1.165, 1.54) is 45.2 Å². The molecule has 2 fully saturated rings. The van der Waals surface area contributed by atoms with Gasteiger partial charge in [0.25, 0.3) is 0 Å². The van der Waals surface area contributed by atoms with E-state index >= 15 is 0 Å². The van der Waals surface area contributed by atoms with Crippen LogP contribution in [0, 0.1) is 0 Å². The summed E-state index contributed by atoms with van der Waals surface area (Å²) in [4.78, 5) is 13.4. The Labute approximate surface area is 109 Å². The second-order valence-electron chi connectivity index (χ2n) is 5.38. The van der Waals surface area contributed by atoms with Gasteiger partial charge in [-0.1, -0.05) is 19.3 Å². The quantitative estimate of drug-likeness (QED) is 0.798. The molecule has 0 atom stereocenters. The Kier molecular flexibility index (Phi) is 3.74. The molecule has 18 heavy (non-hydrogen) atoms. The van der Waals surface area contributed by atoms with Gasteiger partial charge in [-0.15, -0.1) is 0 Å². The van der Waals surface area contributed by atoms with Gasteiger partial charge in [0.2, 0.25) is 0 Å². The summed E-state index contributed by atoms with van der Waals surface area (Å²) in [7, 11) is 0. The lowest BCUT2D eigenvalue weighted by Crippen LogP contribution is -2.51. The predicted octanol–water partition coefficient (Wildman–Crippen LogP) is 1.93. The third kappa shape index (κ3) is 2.64. The number of piperazine rings is 1. The van der Waals surface area contributed by atoms with Crippen molar-refractivity contribution >= 4 is 5.82 Å². The SMILES string of the molecule is c1cc(N2CCN(C3CCCCC3)CC2)ncn1. The number of hydrogen-bond acceptors (Lipinski definition) is 4. The molecule has 1 saturated heterocycles. The fraction of sp³-hybridized carbons (Fsp3) is 0.714. The number of anilines is 1. The third-order valence-corrected chi connectivity index (χ3v) is 4.30. The van der Waals surface area contributed by atoms with Crippen molar-refractivity contribution in [2.24, 2.45) is 0 Å². The van der Waals surface area contributed by atoms with Crippen LogP contribution in [-0.2, 0) is 0 Å². The molecule has 0 N–H and O–H groups in total. The van der Waals surface area contributed by atoms with Crippen LogP contribution in [0.5, 0.6) is 0 Å². The van der Waals surface area contributed by atoms with Crippen LogP contribution in [0.4, 0.5) is 5.82 Å². The Morgan fingerprint density at radius 3 is 2.44 bits per heavy atom. The Morgan fingerprint density at radius 1 is 1.00 bits per heavy atom. The van der Waals surface area contributed by atoms with E-state index in [0.717, 1.165) is 24.9 Å². The maximum Gasteiger partial charge on any atom is 0.131 e. The molecule has 1 saturated carbocycles. The Balaban J connectivity index is 1.54. The van der Waals surface area contributed by atoms with E-state index in [0.29, 0.717) is 0 Å². The molecule has 2 aliphatic rings. The molecule has 3 rings (SSSR count). The lowest BCUT2D eigenvalue weighted by atomic mass is 9.94. The summed E-state index contributed by atoms with van der Waals surface area (Å²) >= 11 is 0. The average Bonchev–Trinajstić information content (AvgIpc) is 2.49. The first kappa shape index (κ1) is 11.9. The van der Waals surface area contributed by atoms with E-state index in [9.17, 15) is 0 Å². The van der Waals surface area contributed by atoms with Gasteiger partial charge in [0.1, 0.15) is 12.1 Å². The van der Waals surface area contributed by atoms with Gasteiger partial charge < -0.3 is 4.90 Å². The molecule has 0 amide bonds. The molecule has 1 aromatic rings. The van der Waals surface area contributed by atoms with Crippen molar-refractivity contribution in [1.29, 1.82) is 0 Å². The van der Waals surface area contributed by atoms with E-state index in [1.54, 1.807) is 6.33 Å². The maximum atomic E-state index is 4.34. The Morgan fingerprint density at radius 2 is 1.78 bits per heavy atom. The van der Waals surface area contributed by atoms with Crippen LogP contribution in [0.3, 0.4) is 0 Å². The maximum absolute atomic E-state index is 4.34. The van der Waals surface area contributed by atoms with Crippen molar-refractivity contribution in [2.75, 3.05) is 31.1 Å². The average molecular weight is 246 g/mol. The Bertz CT molecular complexity index is 353. The summed E-state index contributed by atoms with van der Waals surface area (Å²) < 4.78 is 0. The first-order valence-electron chi connectivity index (χ1n) is 7.18. The monoisotopic (exact) mass is 246 g/mol. The van der Waals surface area contributed by atoms with Crippen LogP contribution in [0.1, 0.15) is 32.1 Å². The minimum atomic E-state index is 0.853. The molecule has 0 spiro atoms. The molecule has 98 valence electrons. The van der Waals surface area contributed by atoms with Crippen LogP contribution >= 0.6 is 0 Å². The molecule has 1 aromatic heterocycles. The van der Waals surface area contributed by atoms with Crippen LogP contribution in [0.25, 0.3) is 0 Å². The first-order chi connectivity index (χ1) is 8.93. The molecule has 0 unspecified atom stereocenters. The normalized spacial score (nSPS) is 23.2. The van der Waals surface area contributed by atoms with Gasteiger partial charge in [-0.3, -0.25) is 4.90 Å². The molecular formula is C14H22N4. The Hall–Kier alpha value is -1.16. The van der Waals surface area contributed by atoms with Crippen molar-refractivity contribution in [1.82, 2.24) is 14.9 Å². The van der Waals surface area contributed by atoms with Crippen LogP contribution in [-0.4, -0.2) is 47.1 Å². The topological polar surface area (TPSA) is 32.3 Å². The van der Waals surface area contributed by atoms with Gasteiger partial charge in [-0.05, 0) is 18.9 Å². The zero-order valence-electron chi connectivity index (χ0n) is 11.0. The molecule has 4 heteroatoms. The lowest BCUT2D eigenvalue weighted by molar-refractivity contribution is 0.147. The fourth-order valence-corrected chi connectivity index (χ4v) is 3.23. The number of hydrogen-bond donors (Lipinski definition) is 0. The number of nitrogens with zero attached hydrogens (tertiary/aromatic N) is 4. The molecule has 1 aliphatic carbocycles. The molecular weight excluding hydrogens is 224 g/mol. The highest BCUT2D eigenvalue weighted by molar-refractivity contribution is 5.36. The molecule has 0 radical (unpaired) electrons. The van der Waals surface area contributed by atoms with Crippen LogP contribution < -0.4 is 4.90 Å². The smallest absolute Gasteiger partial charge is 0.131 e. The highest BCUT2D eigenvalue weighted by Crippen LogP contribution is 2.24. The molecule has 1 aliphatic heterocycles. The van der Waals surface area contributed by atoms with Crippen LogP contribution in [0.2, 0.25) is 0 Å². The van der Waals surface area contributed by atoms with Gasteiger partial charge >= 0.3 is 0 Å². The fourth-order valence-electron chi connectivity index (χ4n) is 3.23. The molecule has 2 heterocycles. The predicted molar refractivity (Wildman–Crippen MR) is 72.7 cm³/mol. The summed E-state index contributed by atoms with van der Waals surface area (Å²) in [6.07, 6.45) is 10.6. The zero-order valence-corrected chi connectivity index (χ0v) is 11.0. The number of aromatic nitrogens is 2. The zero-order chi connectivity index (χ0) is 12.2. The number of rotatable bonds is 2. The van der Waals surface area contributed by atoms with E-state index in [1.807, 2.05) is 12.3 Å². The van der Waals surface area contributed by atoms with Crippen molar-refractivity contribution in [3.63, 3.8) is 0 Å². The highest BCUT2D eigenvalue weighted by atomic mass is 15.3. The largest absolute Gasteiger partial charge is 0.354 e. The minimum absolute atomic E-state index is 0.853. The first-order valence-corrected chi connectivity index (χ1v) is 7.18. The van der Waals surface area contributed by atoms with Crippen molar-refractivity contribution in [3.05, 3.63) is 18.6 Å². The van der Waals surface area contributed by atoms with Gasteiger partial charge in [0.15, 0.2) is 0 Å². The molecule has 4 nitrogen and oxygen atoms in total. The summed E-state index contributed by atoms with van der Waals surface area (Å²) in [6.45, 7) is 4.59. The summed E-state index contributed by atoms with van der Waals surface area (Å²) in [6, 6.07) is 2.86. The summed E-state index contributed by atoms with van der Waals surface area (Å²) in [5.41, 5.74) is 0.